The first-order chi connectivity index (χ1) is 11.0. The van der Waals surface area contributed by atoms with Crippen molar-refractivity contribution in [2.24, 2.45) is 5.92 Å². The standard InChI is InChI=1S/C19H23NO2S/c1-10(2)5-12-7-14-18(23-12)9-20-15-4-3-11-6-16(21)17(22)8-13(11)19(14)15/h6-8,10,15,19-22H,3-5,9H2,1-2H3/t15-,19+/m0/s1. The van der Waals surface area contributed by atoms with Crippen molar-refractivity contribution in [1.29, 1.82) is 0 Å². The molecule has 1 aliphatic carbocycles. The molecule has 1 aromatic carbocycles. The van der Waals surface area contributed by atoms with Crippen LogP contribution >= 0.6 is 11.3 Å². The van der Waals surface area contributed by atoms with Gasteiger partial charge in [0, 0.05) is 28.3 Å². The number of benzene rings is 1. The summed E-state index contributed by atoms with van der Waals surface area (Å²) in [5, 5.41) is 23.5. The molecular weight excluding hydrogens is 306 g/mol. The second-order valence-corrected chi connectivity index (χ2v) is 8.45. The van der Waals surface area contributed by atoms with Crippen LogP contribution in [0.5, 0.6) is 11.5 Å². The van der Waals surface area contributed by atoms with Crippen LogP contribution < -0.4 is 5.32 Å². The molecule has 2 aromatic rings. The molecule has 122 valence electrons. The molecule has 4 heteroatoms. The van der Waals surface area contributed by atoms with Gasteiger partial charge < -0.3 is 15.5 Å². The monoisotopic (exact) mass is 329 g/mol. The number of aryl methyl sites for hydroxylation is 1. The minimum absolute atomic E-state index is 0.00277. The predicted octanol–water partition coefficient (Wildman–Crippen LogP) is 3.91. The van der Waals surface area contributed by atoms with Gasteiger partial charge in [-0.3, -0.25) is 0 Å². The van der Waals surface area contributed by atoms with Gasteiger partial charge in [-0.25, -0.2) is 0 Å². The average Bonchev–Trinajstić information content (AvgIpc) is 2.89. The summed E-state index contributed by atoms with van der Waals surface area (Å²) in [4.78, 5) is 2.89. The summed E-state index contributed by atoms with van der Waals surface area (Å²) < 4.78 is 0. The summed E-state index contributed by atoms with van der Waals surface area (Å²) in [7, 11) is 0. The van der Waals surface area contributed by atoms with Crippen molar-refractivity contribution in [2.45, 2.75) is 51.6 Å². The number of thiophene rings is 1. The molecule has 2 atom stereocenters. The van der Waals surface area contributed by atoms with Crippen LogP contribution in [-0.2, 0) is 19.4 Å². The fraction of sp³-hybridized carbons (Fsp3) is 0.474. The van der Waals surface area contributed by atoms with Gasteiger partial charge in [-0.05, 0) is 60.1 Å². The predicted molar refractivity (Wildman–Crippen MR) is 93.4 cm³/mol. The lowest BCUT2D eigenvalue weighted by Crippen LogP contribution is -2.41. The normalized spacial score (nSPS) is 22.6. The van der Waals surface area contributed by atoms with Crippen molar-refractivity contribution in [3.63, 3.8) is 0 Å². The van der Waals surface area contributed by atoms with Crippen LogP contribution in [-0.4, -0.2) is 16.3 Å². The molecule has 23 heavy (non-hydrogen) atoms. The van der Waals surface area contributed by atoms with Crippen molar-refractivity contribution >= 4 is 11.3 Å². The molecule has 0 unspecified atom stereocenters. The van der Waals surface area contributed by atoms with E-state index in [-0.39, 0.29) is 11.5 Å². The second kappa shape index (κ2) is 5.53. The second-order valence-electron chi connectivity index (χ2n) is 7.23. The molecule has 0 radical (unpaired) electrons. The Morgan fingerprint density at radius 1 is 1.17 bits per heavy atom. The molecule has 3 N–H and O–H groups in total. The van der Waals surface area contributed by atoms with Gasteiger partial charge in [0.2, 0.25) is 0 Å². The Morgan fingerprint density at radius 3 is 2.74 bits per heavy atom. The molecule has 1 aliphatic heterocycles. The highest BCUT2D eigenvalue weighted by Crippen LogP contribution is 2.46. The van der Waals surface area contributed by atoms with Crippen LogP contribution in [0.2, 0.25) is 0 Å². The van der Waals surface area contributed by atoms with Gasteiger partial charge in [-0.2, -0.15) is 0 Å². The van der Waals surface area contributed by atoms with Gasteiger partial charge in [-0.1, -0.05) is 13.8 Å². The number of rotatable bonds is 2. The summed E-state index contributed by atoms with van der Waals surface area (Å²) in [5.41, 5.74) is 3.78. The smallest absolute Gasteiger partial charge is 0.157 e. The van der Waals surface area contributed by atoms with E-state index in [2.05, 4.69) is 25.2 Å². The molecule has 0 spiro atoms. The fourth-order valence-electron chi connectivity index (χ4n) is 4.07. The summed E-state index contributed by atoms with van der Waals surface area (Å²) >= 11 is 1.93. The third kappa shape index (κ3) is 2.54. The van der Waals surface area contributed by atoms with Crippen molar-refractivity contribution in [2.75, 3.05) is 0 Å². The van der Waals surface area contributed by atoms with Crippen molar-refractivity contribution in [1.82, 2.24) is 5.32 Å². The number of nitrogens with one attached hydrogen (secondary N) is 1. The van der Waals surface area contributed by atoms with E-state index in [1.54, 1.807) is 12.1 Å². The fourth-order valence-corrected chi connectivity index (χ4v) is 5.45. The Hall–Kier alpha value is -1.52. The maximum Gasteiger partial charge on any atom is 0.157 e. The van der Waals surface area contributed by atoms with Crippen LogP contribution in [0.4, 0.5) is 0 Å². The third-order valence-electron chi connectivity index (χ3n) is 5.06. The average molecular weight is 329 g/mol. The van der Waals surface area contributed by atoms with E-state index in [4.69, 9.17) is 0 Å². The van der Waals surface area contributed by atoms with Gasteiger partial charge in [0.1, 0.15) is 0 Å². The molecule has 0 saturated carbocycles. The van der Waals surface area contributed by atoms with Crippen molar-refractivity contribution in [3.05, 3.63) is 44.6 Å². The Morgan fingerprint density at radius 2 is 1.96 bits per heavy atom. The summed E-state index contributed by atoms with van der Waals surface area (Å²) in [5.74, 6) is 0.954. The Kier molecular flexibility index (Phi) is 3.62. The van der Waals surface area contributed by atoms with Gasteiger partial charge >= 0.3 is 0 Å². The lowest BCUT2D eigenvalue weighted by molar-refractivity contribution is 0.382. The number of phenols is 2. The molecule has 0 saturated heterocycles. The van der Waals surface area contributed by atoms with E-state index in [9.17, 15) is 10.2 Å². The summed E-state index contributed by atoms with van der Waals surface area (Å²) in [6.45, 7) is 5.48. The number of hydrogen-bond acceptors (Lipinski definition) is 4. The first kappa shape index (κ1) is 15.0. The quantitative estimate of drug-likeness (QED) is 0.732. The maximum atomic E-state index is 9.97. The summed E-state index contributed by atoms with van der Waals surface area (Å²) in [6.07, 6.45) is 3.16. The van der Waals surface area contributed by atoms with Gasteiger partial charge in [-0.15, -0.1) is 11.3 Å². The molecule has 1 aromatic heterocycles. The first-order valence-electron chi connectivity index (χ1n) is 8.42. The molecule has 4 rings (SSSR count). The van der Waals surface area contributed by atoms with E-state index < -0.39 is 0 Å². The molecule has 2 aliphatic rings. The van der Waals surface area contributed by atoms with Crippen LogP contribution in [0.3, 0.4) is 0 Å². The highest BCUT2D eigenvalue weighted by atomic mass is 32.1. The molecule has 2 heterocycles. The van der Waals surface area contributed by atoms with Gasteiger partial charge in [0.15, 0.2) is 11.5 Å². The van der Waals surface area contributed by atoms with E-state index in [0.29, 0.717) is 17.9 Å². The van der Waals surface area contributed by atoms with Gasteiger partial charge in [0.05, 0.1) is 0 Å². The van der Waals surface area contributed by atoms with Crippen LogP contribution in [0, 0.1) is 5.92 Å². The molecule has 0 bridgehead atoms. The molecular formula is C19H23NO2S. The van der Waals surface area contributed by atoms with E-state index in [0.717, 1.165) is 25.8 Å². The molecule has 3 nitrogen and oxygen atoms in total. The highest BCUT2D eigenvalue weighted by molar-refractivity contribution is 7.12. The zero-order chi connectivity index (χ0) is 16.1. The minimum atomic E-state index is -0.00541. The van der Waals surface area contributed by atoms with Crippen molar-refractivity contribution < 1.29 is 10.2 Å². The zero-order valence-corrected chi connectivity index (χ0v) is 14.4. The largest absolute Gasteiger partial charge is 0.504 e. The zero-order valence-electron chi connectivity index (χ0n) is 13.6. The number of fused-ring (bicyclic) bond motifs is 5. The van der Waals surface area contributed by atoms with Crippen molar-refractivity contribution in [3.8, 4) is 11.5 Å². The van der Waals surface area contributed by atoms with E-state index in [1.807, 2.05) is 11.3 Å². The first-order valence-corrected chi connectivity index (χ1v) is 9.24. The van der Waals surface area contributed by atoms with Crippen LogP contribution in [0.1, 0.15) is 52.6 Å². The van der Waals surface area contributed by atoms with Crippen LogP contribution in [0.15, 0.2) is 18.2 Å². The Labute approximate surface area is 141 Å². The highest BCUT2D eigenvalue weighted by Gasteiger charge is 2.36. The topological polar surface area (TPSA) is 52.5 Å². The lowest BCUT2D eigenvalue weighted by Gasteiger charge is -2.38. The number of aromatic hydroxyl groups is 2. The summed E-state index contributed by atoms with van der Waals surface area (Å²) in [6, 6.07) is 6.34. The third-order valence-corrected chi connectivity index (χ3v) is 6.23. The lowest BCUT2D eigenvalue weighted by atomic mass is 9.74. The van der Waals surface area contributed by atoms with Gasteiger partial charge in [0.25, 0.3) is 0 Å². The van der Waals surface area contributed by atoms with E-state index in [1.165, 1.54) is 26.4 Å². The maximum absolute atomic E-state index is 9.97. The molecule has 0 fully saturated rings. The minimum Gasteiger partial charge on any atom is -0.504 e. The van der Waals surface area contributed by atoms with Crippen LogP contribution in [0.25, 0.3) is 0 Å². The number of phenolic OH excluding ortho intramolecular Hbond substituents is 2. The SMILES string of the molecule is CC(C)Cc1cc2c(s1)CN[C@H]1CCc3cc(O)c(O)cc3[C@H]21. The Balaban J connectivity index is 1.80. The van der Waals surface area contributed by atoms with E-state index >= 15 is 0 Å². The molecule has 0 amide bonds. The number of hydrogen-bond donors (Lipinski definition) is 3. The Bertz CT molecular complexity index is 750.